The molecule has 0 radical (unpaired) electrons. The Morgan fingerprint density at radius 1 is 1.43 bits per heavy atom. The molecular formula is C18H27N3O8P+. The van der Waals surface area contributed by atoms with Gasteiger partial charge in [-0.3, -0.25) is 19.4 Å². The first kappa shape index (κ1) is 24.1. The normalized spacial score (nSPS) is 23.9. The summed E-state index contributed by atoms with van der Waals surface area (Å²) in [6.07, 6.45) is 1.96. The lowest BCUT2D eigenvalue weighted by molar-refractivity contribution is -0.142. The molecule has 166 valence electrons. The Labute approximate surface area is 174 Å². The fourth-order valence-corrected chi connectivity index (χ4v) is 4.70. The van der Waals surface area contributed by atoms with Gasteiger partial charge in [-0.15, -0.1) is 9.61 Å². The third-order valence-corrected chi connectivity index (χ3v) is 6.06. The molecule has 1 aliphatic rings. The fraction of sp³-hybridized carbons (Fsp3) is 0.556. The zero-order valence-electron chi connectivity index (χ0n) is 17.0. The highest BCUT2D eigenvalue weighted by atomic mass is 31.2. The van der Waals surface area contributed by atoms with Crippen LogP contribution < -0.4 is 10.4 Å². The molecule has 11 nitrogen and oxygen atoms in total. The predicted molar refractivity (Wildman–Crippen MR) is 106 cm³/mol. The minimum absolute atomic E-state index is 0.0181. The van der Waals surface area contributed by atoms with Gasteiger partial charge in [0.15, 0.2) is 12.1 Å². The second-order valence-electron chi connectivity index (χ2n) is 7.47. The van der Waals surface area contributed by atoms with Crippen LogP contribution in [0.25, 0.3) is 0 Å². The van der Waals surface area contributed by atoms with E-state index in [2.05, 4.69) is 20.1 Å². The smallest absolute Gasteiger partial charge is 0.480 e. The van der Waals surface area contributed by atoms with Crippen molar-refractivity contribution in [1.29, 1.82) is 0 Å². The molecule has 12 heteroatoms. The minimum Gasteiger partial charge on any atom is -0.480 e. The van der Waals surface area contributed by atoms with Crippen molar-refractivity contribution in [3.8, 4) is 0 Å². The Bertz CT molecular complexity index is 763. The molecule has 2 heterocycles. The number of carbonyl (C=O) groups excluding carboxylic acids is 2. The van der Waals surface area contributed by atoms with Crippen LogP contribution in [0.1, 0.15) is 25.8 Å². The number of aromatic nitrogens is 1. The van der Waals surface area contributed by atoms with Gasteiger partial charge in [-0.1, -0.05) is 19.9 Å². The lowest BCUT2D eigenvalue weighted by Crippen LogP contribution is -2.53. The van der Waals surface area contributed by atoms with E-state index in [4.69, 9.17) is 9.05 Å². The number of rotatable bonds is 9. The third-order valence-electron chi connectivity index (χ3n) is 4.44. The third kappa shape index (κ3) is 6.68. The van der Waals surface area contributed by atoms with Crippen LogP contribution in [0.2, 0.25) is 0 Å². The molecule has 0 aliphatic carbocycles. The molecule has 0 saturated carbocycles. The van der Waals surface area contributed by atoms with Crippen LogP contribution in [0.4, 0.5) is 0 Å². The summed E-state index contributed by atoms with van der Waals surface area (Å²) in [5.74, 6) is -2.25. The molecule has 1 saturated heterocycles. The number of ether oxygens (including phenoxy) is 1. The molecule has 1 aromatic rings. The average Bonchev–Trinajstić information content (AvgIpc) is 2.70. The summed E-state index contributed by atoms with van der Waals surface area (Å²) < 4.78 is 15.5. The van der Waals surface area contributed by atoms with Crippen molar-refractivity contribution in [1.82, 2.24) is 15.4 Å². The quantitative estimate of drug-likeness (QED) is 0.312. The number of pyridine rings is 1. The van der Waals surface area contributed by atoms with Gasteiger partial charge in [0.2, 0.25) is 0 Å². The molecule has 0 bridgehead atoms. The van der Waals surface area contributed by atoms with Gasteiger partial charge >= 0.3 is 20.0 Å². The van der Waals surface area contributed by atoms with E-state index < -0.39 is 43.5 Å². The van der Waals surface area contributed by atoms with Gasteiger partial charge in [0.1, 0.15) is 6.61 Å². The van der Waals surface area contributed by atoms with E-state index in [0.29, 0.717) is 5.56 Å². The summed E-state index contributed by atoms with van der Waals surface area (Å²) >= 11 is 0. The first-order valence-electron chi connectivity index (χ1n) is 9.25. The summed E-state index contributed by atoms with van der Waals surface area (Å²) in [4.78, 5) is 50.2. The Morgan fingerprint density at radius 2 is 2.17 bits per heavy atom. The van der Waals surface area contributed by atoms with Gasteiger partial charge in [-0.2, -0.15) is 9.42 Å². The van der Waals surface area contributed by atoms with E-state index in [1.54, 1.807) is 32.2 Å². The van der Waals surface area contributed by atoms with E-state index in [0.717, 1.165) is 0 Å². The maximum absolute atomic E-state index is 12.6. The van der Waals surface area contributed by atoms with E-state index in [9.17, 15) is 24.4 Å². The molecule has 2 unspecified atom stereocenters. The first-order valence-corrected chi connectivity index (χ1v) is 10.8. The Hall–Kier alpha value is -2.17. The molecule has 1 fully saturated rings. The summed E-state index contributed by atoms with van der Waals surface area (Å²) in [5, 5.41) is 14.6. The van der Waals surface area contributed by atoms with Crippen LogP contribution >= 0.6 is 8.09 Å². The monoisotopic (exact) mass is 444 g/mol. The standard InChI is InChI=1S/C18H26N3O8P/c1-18(2)11-28-30(26,29-15(18)16(23)20-8-6-14(22)27-3)21-13(17(24)25)9-12-5-4-7-19-10-12/h4-5,7,10,13,15,21,26H,6,8-9,11H2,1-3H3,(H-,20,23,24,25)/p+1/t13?,15-,30?/m0/s1. The van der Waals surface area contributed by atoms with E-state index in [-0.39, 0.29) is 26.0 Å². The van der Waals surface area contributed by atoms with Crippen molar-refractivity contribution >= 4 is 25.9 Å². The van der Waals surface area contributed by atoms with Gasteiger partial charge in [-0.05, 0) is 11.6 Å². The highest BCUT2D eigenvalue weighted by molar-refractivity contribution is 7.58. The summed E-state index contributed by atoms with van der Waals surface area (Å²) in [6.45, 7) is 3.42. The number of carboxylic acid groups (broad SMARTS) is 1. The number of carbonyl (C=O) groups is 3. The number of carboxylic acids is 1. The number of hydrogen-bond acceptors (Lipinski definition) is 9. The van der Waals surface area contributed by atoms with Gasteiger partial charge in [0.05, 0.1) is 13.5 Å². The average molecular weight is 444 g/mol. The van der Waals surface area contributed by atoms with Crippen LogP contribution in [0.3, 0.4) is 0 Å². The van der Waals surface area contributed by atoms with Crippen molar-refractivity contribution in [2.45, 2.75) is 38.8 Å². The second-order valence-corrected chi connectivity index (χ2v) is 9.24. The summed E-state index contributed by atoms with van der Waals surface area (Å²) in [6, 6.07) is 2.15. The van der Waals surface area contributed by atoms with Gasteiger partial charge < -0.3 is 15.2 Å². The fourth-order valence-electron chi connectivity index (χ4n) is 2.74. The van der Waals surface area contributed by atoms with Gasteiger partial charge in [0, 0.05) is 30.8 Å². The zero-order valence-corrected chi connectivity index (χ0v) is 17.9. The number of hydrogen-bond donors (Lipinski definition) is 4. The van der Waals surface area contributed by atoms with E-state index >= 15 is 0 Å². The molecule has 0 spiro atoms. The number of aliphatic carboxylic acids is 1. The number of nitrogens with zero attached hydrogens (tertiary/aromatic N) is 1. The molecular weight excluding hydrogens is 417 g/mol. The SMILES string of the molecule is COC(=O)CCNC(=O)[C@@H]1O[P+](O)(NC(Cc2cccnc2)C(=O)O)OCC1(C)C. The van der Waals surface area contributed by atoms with Crippen molar-refractivity contribution in [3.05, 3.63) is 30.1 Å². The van der Waals surface area contributed by atoms with Crippen LogP contribution in [-0.2, 0) is 34.6 Å². The van der Waals surface area contributed by atoms with Crippen molar-refractivity contribution in [3.63, 3.8) is 0 Å². The van der Waals surface area contributed by atoms with Crippen LogP contribution in [0.5, 0.6) is 0 Å². The Kier molecular flexibility index (Phi) is 8.22. The van der Waals surface area contributed by atoms with Gasteiger partial charge in [-0.25, -0.2) is 0 Å². The molecule has 1 amide bonds. The lowest BCUT2D eigenvalue weighted by Gasteiger charge is -2.37. The number of nitrogens with one attached hydrogen (secondary N) is 2. The molecule has 30 heavy (non-hydrogen) atoms. The number of amides is 1. The van der Waals surface area contributed by atoms with E-state index in [1.807, 2.05) is 0 Å². The van der Waals surface area contributed by atoms with Crippen LogP contribution in [0.15, 0.2) is 24.5 Å². The van der Waals surface area contributed by atoms with Gasteiger partial charge in [0.25, 0.3) is 5.91 Å². The molecule has 4 N–H and O–H groups in total. The van der Waals surface area contributed by atoms with Crippen molar-refractivity contribution in [2.24, 2.45) is 5.41 Å². The summed E-state index contributed by atoms with van der Waals surface area (Å²) in [5.41, 5.74) is -0.163. The lowest BCUT2D eigenvalue weighted by atomic mass is 9.87. The molecule has 1 aromatic heterocycles. The number of methoxy groups -OCH3 is 1. The molecule has 3 atom stereocenters. The minimum atomic E-state index is -3.86. The highest BCUT2D eigenvalue weighted by Crippen LogP contribution is 2.60. The molecule has 1 aliphatic heterocycles. The molecule has 2 rings (SSSR count). The Morgan fingerprint density at radius 3 is 2.77 bits per heavy atom. The van der Waals surface area contributed by atoms with Crippen LogP contribution in [-0.4, -0.2) is 65.2 Å². The van der Waals surface area contributed by atoms with Crippen molar-refractivity contribution in [2.75, 3.05) is 20.3 Å². The van der Waals surface area contributed by atoms with Crippen LogP contribution in [0, 0.1) is 5.41 Å². The Balaban J connectivity index is 2.07. The predicted octanol–water partition coefficient (Wildman–Crippen LogP) is 0.458. The first-order chi connectivity index (χ1) is 14.1. The van der Waals surface area contributed by atoms with Crippen molar-refractivity contribution < 1.29 is 38.2 Å². The second kappa shape index (κ2) is 10.2. The number of esters is 1. The summed E-state index contributed by atoms with van der Waals surface area (Å²) in [7, 11) is -2.62. The maximum atomic E-state index is 12.6. The highest BCUT2D eigenvalue weighted by Gasteiger charge is 2.58. The molecule has 0 aromatic carbocycles. The topological polar surface area (TPSA) is 156 Å². The zero-order chi connectivity index (χ0) is 22.4. The maximum Gasteiger partial charge on any atom is 0.500 e. The largest absolute Gasteiger partial charge is 0.500 e. The van der Waals surface area contributed by atoms with E-state index in [1.165, 1.54) is 13.3 Å².